The number of hydrogen-bond donors (Lipinski definition) is 3. The lowest BCUT2D eigenvalue weighted by atomic mass is 9.74. The lowest BCUT2D eigenvalue weighted by Gasteiger charge is -2.43. The molecule has 10 heteroatoms. The Hall–Kier alpha value is -2.68. The number of carbonyl (C=O) groups is 1. The van der Waals surface area contributed by atoms with Gasteiger partial charge in [0.2, 0.25) is 0 Å². The van der Waals surface area contributed by atoms with E-state index in [9.17, 15) is 14.3 Å². The molecule has 1 saturated carbocycles. The first-order valence-corrected chi connectivity index (χ1v) is 12.3. The number of nitrogens with one attached hydrogen (secondary N) is 2. The Morgan fingerprint density at radius 1 is 1.11 bits per heavy atom. The first-order chi connectivity index (χ1) is 16.7. The van der Waals surface area contributed by atoms with E-state index in [1.165, 1.54) is 12.1 Å². The molecule has 3 aromatic rings. The average Bonchev–Trinajstić information content (AvgIpc) is 3.52. The van der Waals surface area contributed by atoms with Gasteiger partial charge in [0.25, 0.3) is 0 Å². The third-order valence-electron chi connectivity index (χ3n) is 7.29. The molecule has 0 amide bonds. The fourth-order valence-electron chi connectivity index (χ4n) is 5.17. The molecule has 2 aliphatic rings. The molecule has 1 aliphatic heterocycles. The Labute approximate surface area is 212 Å². The highest BCUT2D eigenvalue weighted by Gasteiger charge is 2.53. The third kappa shape index (κ3) is 4.75. The van der Waals surface area contributed by atoms with Crippen molar-refractivity contribution in [2.45, 2.75) is 44.6 Å². The second kappa shape index (κ2) is 9.08. The Morgan fingerprint density at radius 3 is 2.37 bits per heavy atom. The number of rotatable bonds is 7. The van der Waals surface area contributed by atoms with Crippen LogP contribution >= 0.6 is 23.2 Å². The summed E-state index contributed by atoms with van der Waals surface area (Å²) < 4.78 is 14.7. The predicted octanol–water partition coefficient (Wildman–Crippen LogP) is 5.70. The molecule has 35 heavy (non-hydrogen) atoms. The largest absolute Gasteiger partial charge is 0.481 e. The van der Waals surface area contributed by atoms with Crippen LogP contribution in [0, 0.1) is 18.2 Å². The number of H-pyrrole nitrogens is 1. The van der Waals surface area contributed by atoms with Gasteiger partial charge in [-0.15, -0.1) is 0 Å². The molecule has 1 saturated heterocycles. The molecule has 1 aliphatic carbocycles. The number of likely N-dealkylation sites (tertiary alicyclic amines) is 1. The predicted molar refractivity (Wildman–Crippen MR) is 133 cm³/mol. The molecule has 3 heterocycles. The Balaban J connectivity index is 1.34. The van der Waals surface area contributed by atoms with E-state index in [4.69, 9.17) is 23.2 Å². The van der Waals surface area contributed by atoms with Crippen molar-refractivity contribution >= 4 is 40.8 Å². The zero-order chi connectivity index (χ0) is 24.8. The normalized spacial score (nSPS) is 18.9. The number of aryl methyl sites for hydroxylation is 1. The van der Waals surface area contributed by atoms with Gasteiger partial charge in [0, 0.05) is 46.9 Å². The average molecular weight is 518 g/mol. The number of aromatic nitrogens is 3. The van der Waals surface area contributed by atoms with Crippen LogP contribution < -0.4 is 5.32 Å². The lowest BCUT2D eigenvalue weighted by Crippen LogP contribution is -2.49. The summed E-state index contributed by atoms with van der Waals surface area (Å²) >= 11 is 12.5. The summed E-state index contributed by atoms with van der Waals surface area (Å²) in [7, 11) is 0. The number of nitrogens with zero attached hydrogens (tertiary/aromatic N) is 3. The minimum absolute atomic E-state index is 0.0209. The third-order valence-corrected chi connectivity index (χ3v) is 7.73. The zero-order valence-corrected chi connectivity index (χ0v) is 20.8. The molecule has 5 rings (SSSR count). The number of benzene rings is 1. The van der Waals surface area contributed by atoms with Crippen LogP contribution in [0.4, 0.5) is 16.0 Å². The van der Waals surface area contributed by atoms with Crippen LogP contribution in [0.15, 0.2) is 36.4 Å². The van der Waals surface area contributed by atoms with Crippen molar-refractivity contribution in [3.8, 4) is 0 Å². The van der Waals surface area contributed by atoms with E-state index < -0.39 is 17.2 Å². The Morgan fingerprint density at radius 2 is 1.80 bits per heavy atom. The molecular formula is C25H26Cl2FN5O2. The summed E-state index contributed by atoms with van der Waals surface area (Å²) in [4.78, 5) is 19.2. The van der Waals surface area contributed by atoms with Crippen LogP contribution in [0.25, 0.3) is 0 Å². The second-order valence-electron chi connectivity index (χ2n) is 9.63. The molecule has 0 spiro atoms. The van der Waals surface area contributed by atoms with Gasteiger partial charge in [0.15, 0.2) is 5.82 Å². The summed E-state index contributed by atoms with van der Waals surface area (Å²) in [6.45, 7) is 3.04. The number of hydrogen-bond acceptors (Lipinski definition) is 5. The summed E-state index contributed by atoms with van der Waals surface area (Å²) in [5.74, 6) is -0.454. The van der Waals surface area contributed by atoms with Crippen LogP contribution in [0.1, 0.15) is 42.6 Å². The molecule has 1 aromatic carbocycles. The van der Waals surface area contributed by atoms with E-state index in [1.807, 2.05) is 19.1 Å². The maximum absolute atomic E-state index is 14.7. The smallest absolute Gasteiger partial charge is 0.310 e. The van der Waals surface area contributed by atoms with Gasteiger partial charge in [-0.1, -0.05) is 23.2 Å². The van der Waals surface area contributed by atoms with Gasteiger partial charge in [0.1, 0.15) is 11.6 Å². The van der Waals surface area contributed by atoms with Crippen molar-refractivity contribution in [3.05, 3.63) is 69.2 Å². The minimum atomic E-state index is -1.09. The van der Waals surface area contributed by atoms with Gasteiger partial charge in [-0.3, -0.25) is 14.8 Å². The van der Waals surface area contributed by atoms with Gasteiger partial charge < -0.3 is 10.4 Å². The van der Waals surface area contributed by atoms with Crippen molar-refractivity contribution in [3.63, 3.8) is 0 Å². The molecule has 184 valence electrons. The number of carboxylic acids is 1. The number of aromatic amines is 1. The number of pyridine rings is 1. The maximum atomic E-state index is 14.7. The van der Waals surface area contributed by atoms with Crippen LogP contribution in [-0.4, -0.2) is 44.2 Å². The second-order valence-corrected chi connectivity index (χ2v) is 10.5. The SMILES string of the molecule is Cc1cc(Nc2ccc(F)c(CC3(C(=O)O)CCN(C4(c5cc(Cl)cc(Cl)c5)CC4)CC3)n2)n[nH]1. The van der Waals surface area contributed by atoms with Gasteiger partial charge in [0.05, 0.1) is 11.1 Å². The fourth-order valence-corrected chi connectivity index (χ4v) is 5.70. The van der Waals surface area contributed by atoms with Crippen LogP contribution in [0.2, 0.25) is 10.0 Å². The quantitative estimate of drug-likeness (QED) is 0.372. The monoisotopic (exact) mass is 517 g/mol. The first kappa shape index (κ1) is 24.0. The van der Waals surface area contributed by atoms with Crippen molar-refractivity contribution in [2.24, 2.45) is 5.41 Å². The summed E-state index contributed by atoms with van der Waals surface area (Å²) in [6, 6.07) is 10.2. The highest BCUT2D eigenvalue weighted by Crippen LogP contribution is 2.54. The minimum Gasteiger partial charge on any atom is -0.481 e. The summed E-state index contributed by atoms with van der Waals surface area (Å²) in [5.41, 5.74) is 0.834. The van der Waals surface area contributed by atoms with Crippen LogP contribution in [-0.2, 0) is 16.8 Å². The molecule has 2 fully saturated rings. The highest BCUT2D eigenvalue weighted by molar-refractivity contribution is 6.34. The van der Waals surface area contributed by atoms with Crippen molar-refractivity contribution in [1.29, 1.82) is 0 Å². The Kier molecular flexibility index (Phi) is 6.23. The summed E-state index contributed by atoms with van der Waals surface area (Å²) in [5, 5.41) is 21.4. The molecule has 7 nitrogen and oxygen atoms in total. The number of aliphatic carboxylic acids is 1. The highest BCUT2D eigenvalue weighted by atomic mass is 35.5. The molecule has 0 unspecified atom stereocenters. The van der Waals surface area contributed by atoms with E-state index in [2.05, 4.69) is 25.4 Å². The van der Waals surface area contributed by atoms with Gasteiger partial charge in [-0.2, -0.15) is 5.10 Å². The number of halogens is 3. The molecule has 0 radical (unpaired) electrons. The van der Waals surface area contributed by atoms with E-state index >= 15 is 0 Å². The maximum Gasteiger partial charge on any atom is 0.310 e. The van der Waals surface area contributed by atoms with Crippen molar-refractivity contribution in [1.82, 2.24) is 20.1 Å². The lowest BCUT2D eigenvalue weighted by molar-refractivity contribution is -0.152. The fraction of sp³-hybridized carbons (Fsp3) is 0.400. The van der Waals surface area contributed by atoms with Gasteiger partial charge in [-0.05, 0) is 68.5 Å². The number of piperidine rings is 1. The number of carboxylic acid groups (broad SMARTS) is 1. The van der Waals surface area contributed by atoms with E-state index in [0.717, 1.165) is 24.1 Å². The standard InChI is InChI=1S/C25H26Cl2FN5O2/c1-15-10-22(32-31-15)30-21-3-2-19(28)20(29-21)14-24(23(34)35)6-8-33(9-7-24)25(4-5-25)16-11-17(26)13-18(27)12-16/h2-3,10-13H,4-9,14H2,1H3,(H,34,35)(H2,29,30,31,32). The molecule has 0 bridgehead atoms. The van der Waals surface area contributed by atoms with Crippen molar-refractivity contribution in [2.75, 3.05) is 18.4 Å². The van der Waals surface area contributed by atoms with E-state index in [-0.39, 0.29) is 17.7 Å². The summed E-state index contributed by atoms with van der Waals surface area (Å²) in [6.07, 6.45) is 2.76. The topological polar surface area (TPSA) is 94.1 Å². The molecule has 2 aromatic heterocycles. The number of anilines is 2. The van der Waals surface area contributed by atoms with E-state index in [0.29, 0.717) is 47.6 Å². The molecule has 0 atom stereocenters. The Bertz CT molecular complexity index is 1250. The van der Waals surface area contributed by atoms with Crippen LogP contribution in [0.3, 0.4) is 0 Å². The zero-order valence-electron chi connectivity index (χ0n) is 19.2. The van der Waals surface area contributed by atoms with Crippen molar-refractivity contribution < 1.29 is 14.3 Å². The molecule has 3 N–H and O–H groups in total. The van der Waals surface area contributed by atoms with E-state index in [1.54, 1.807) is 12.1 Å². The van der Waals surface area contributed by atoms with Crippen LogP contribution in [0.5, 0.6) is 0 Å². The van der Waals surface area contributed by atoms with Gasteiger partial charge in [-0.25, -0.2) is 9.37 Å². The van der Waals surface area contributed by atoms with Gasteiger partial charge >= 0.3 is 5.97 Å². The first-order valence-electron chi connectivity index (χ1n) is 11.6. The molecular weight excluding hydrogens is 492 g/mol.